The Morgan fingerprint density at radius 1 is 0.931 bits per heavy atom. The summed E-state index contributed by atoms with van der Waals surface area (Å²) in [4.78, 5) is 25.1. The van der Waals surface area contributed by atoms with Gasteiger partial charge in [0.15, 0.2) is 0 Å². The van der Waals surface area contributed by atoms with Gasteiger partial charge in [0.1, 0.15) is 5.82 Å². The summed E-state index contributed by atoms with van der Waals surface area (Å²) < 4.78 is 13.6. The number of aromatic nitrogens is 3. The summed E-state index contributed by atoms with van der Waals surface area (Å²) in [5, 5.41) is 6.88. The molecule has 0 saturated carbocycles. The molecule has 7 heteroatoms. The third-order valence-electron chi connectivity index (χ3n) is 4.43. The number of benzene rings is 2. The van der Waals surface area contributed by atoms with E-state index >= 15 is 0 Å². The molecule has 6 nitrogen and oxygen atoms in total. The number of amides is 1. The molecule has 0 atom stereocenters. The normalized spacial score (nSPS) is 10.7. The largest absolute Gasteiger partial charge is 0.352 e. The smallest absolute Gasteiger partial charge is 0.254 e. The fourth-order valence-corrected chi connectivity index (χ4v) is 2.95. The lowest BCUT2D eigenvalue weighted by Crippen LogP contribution is -2.26. The third-order valence-corrected chi connectivity index (χ3v) is 4.43. The van der Waals surface area contributed by atoms with Gasteiger partial charge < -0.3 is 10.6 Å². The van der Waals surface area contributed by atoms with E-state index in [2.05, 4.69) is 25.6 Å². The maximum Gasteiger partial charge on any atom is 0.254 e. The Labute approximate surface area is 166 Å². The Morgan fingerprint density at radius 2 is 1.72 bits per heavy atom. The quantitative estimate of drug-likeness (QED) is 0.525. The SMILES string of the molecule is O=C(NCCc1ccccc1F)c1cnc(Nc2cccc3cccnc23)nc1. The summed E-state index contributed by atoms with van der Waals surface area (Å²) in [6.07, 6.45) is 5.04. The highest BCUT2D eigenvalue weighted by atomic mass is 19.1. The number of halogens is 1. The van der Waals surface area contributed by atoms with Gasteiger partial charge in [0.25, 0.3) is 5.91 Å². The Bertz CT molecular complexity index is 1140. The van der Waals surface area contributed by atoms with Crippen LogP contribution < -0.4 is 10.6 Å². The van der Waals surface area contributed by atoms with Crippen LogP contribution in [0.2, 0.25) is 0 Å². The molecular formula is C22H18FN5O. The molecule has 4 rings (SSSR count). The average Bonchev–Trinajstić information content (AvgIpc) is 2.76. The number of hydrogen-bond donors (Lipinski definition) is 2. The fraction of sp³-hybridized carbons (Fsp3) is 0.0909. The fourth-order valence-electron chi connectivity index (χ4n) is 2.95. The monoisotopic (exact) mass is 387 g/mol. The maximum atomic E-state index is 13.6. The Hall–Kier alpha value is -3.87. The molecule has 0 aliphatic carbocycles. The van der Waals surface area contributed by atoms with Crippen molar-refractivity contribution in [1.29, 1.82) is 0 Å². The summed E-state index contributed by atoms with van der Waals surface area (Å²) in [5.74, 6) is -0.214. The summed E-state index contributed by atoms with van der Waals surface area (Å²) in [6.45, 7) is 0.321. The van der Waals surface area contributed by atoms with E-state index in [0.29, 0.717) is 30.0 Å². The van der Waals surface area contributed by atoms with Crippen LogP contribution in [0.1, 0.15) is 15.9 Å². The van der Waals surface area contributed by atoms with Gasteiger partial charge in [0.2, 0.25) is 5.95 Å². The highest BCUT2D eigenvalue weighted by Crippen LogP contribution is 2.22. The van der Waals surface area contributed by atoms with Crippen LogP contribution in [0, 0.1) is 5.82 Å². The minimum absolute atomic E-state index is 0.275. The van der Waals surface area contributed by atoms with E-state index in [1.165, 1.54) is 18.5 Å². The van der Waals surface area contributed by atoms with E-state index in [-0.39, 0.29) is 11.7 Å². The van der Waals surface area contributed by atoms with E-state index in [1.54, 1.807) is 24.4 Å². The molecule has 2 heterocycles. The van der Waals surface area contributed by atoms with Gasteiger partial charge in [0, 0.05) is 30.5 Å². The van der Waals surface area contributed by atoms with Crippen molar-refractivity contribution in [2.75, 3.05) is 11.9 Å². The van der Waals surface area contributed by atoms with Crippen molar-refractivity contribution in [2.24, 2.45) is 0 Å². The molecule has 144 valence electrons. The lowest BCUT2D eigenvalue weighted by Gasteiger charge is -2.08. The van der Waals surface area contributed by atoms with Crippen LogP contribution in [0.15, 0.2) is 73.2 Å². The van der Waals surface area contributed by atoms with Gasteiger partial charge in [-0.25, -0.2) is 14.4 Å². The lowest BCUT2D eigenvalue weighted by molar-refractivity contribution is 0.0953. The summed E-state index contributed by atoms with van der Waals surface area (Å²) in [6, 6.07) is 16.2. The molecule has 4 aromatic rings. The minimum Gasteiger partial charge on any atom is -0.352 e. The number of fused-ring (bicyclic) bond motifs is 1. The first-order valence-corrected chi connectivity index (χ1v) is 9.15. The van der Waals surface area contributed by atoms with Crippen LogP contribution in [-0.2, 0) is 6.42 Å². The van der Waals surface area contributed by atoms with Gasteiger partial charge in [-0.05, 0) is 30.2 Å². The van der Waals surface area contributed by atoms with E-state index in [4.69, 9.17) is 0 Å². The van der Waals surface area contributed by atoms with Crippen LogP contribution in [0.4, 0.5) is 16.0 Å². The predicted molar refractivity (Wildman–Crippen MR) is 109 cm³/mol. The van der Waals surface area contributed by atoms with Crippen molar-refractivity contribution in [3.8, 4) is 0 Å². The third kappa shape index (κ3) is 4.35. The highest BCUT2D eigenvalue weighted by molar-refractivity contribution is 5.94. The zero-order valence-electron chi connectivity index (χ0n) is 15.5. The predicted octanol–water partition coefficient (Wildman–Crippen LogP) is 3.88. The lowest BCUT2D eigenvalue weighted by atomic mass is 10.1. The summed E-state index contributed by atoms with van der Waals surface area (Å²) in [5.41, 5.74) is 2.49. The standard InChI is InChI=1S/C22H18FN5O/c23-18-8-2-1-5-15(18)10-12-25-21(29)17-13-26-22(27-14-17)28-19-9-3-6-16-7-4-11-24-20(16)19/h1-9,11,13-14H,10,12H2,(H,25,29)(H,26,27,28). The van der Waals surface area contributed by atoms with Crippen LogP contribution in [0.5, 0.6) is 0 Å². The zero-order valence-corrected chi connectivity index (χ0v) is 15.5. The van der Waals surface area contributed by atoms with E-state index in [0.717, 1.165) is 16.6 Å². The topological polar surface area (TPSA) is 79.8 Å². The number of pyridine rings is 1. The van der Waals surface area contributed by atoms with Crippen molar-refractivity contribution in [1.82, 2.24) is 20.3 Å². The molecule has 1 amide bonds. The summed E-state index contributed by atoms with van der Waals surface area (Å²) >= 11 is 0. The first kappa shape index (κ1) is 18.5. The number of anilines is 2. The van der Waals surface area contributed by atoms with Crippen molar-refractivity contribution in [3.63, 3.8) is 0 Å². The van der Waals surface area contributed by atoms with E-state index < -0.39 is 0 Å². The maximum absolute atomic E-state index is 13.6. The van der Waals surface area contributed by atoms with E-state index in [1.807, 2.05) is 30.3 Å². The second-order valence-corrected chi connectivity index (χ2v) is 6.40. The van der Waals surface area contributed by atoms with Gasteiger partial charge >= 0.3 is 0 Å². The number of hydrogen-bond acceptors (Lipinski definition) is 5. The number of carbonyl (C=O) groups excluding carboxylic acids is 1. The molecule has 0 bridgehead atoms. The van der Waals surface area contributed by atoms with Gasteiger partial charge in [-0.15, -0.1) is 0 Å². The molecular weight excluding hydrogens is 369 g/mol. The minimum atomic E-state index is -0.306. The molecule has 0 spiro atoms. The molecule has 0 saturated heterocycles. The van der Waals surface area contributed by atoms with Crippen LogP contribution in [-0.4, -0.2) is 27.4 Å². The number of carbonyl (C=O) groups is 1. The Kier molecular flexibility index (Phi) is 5.38. The van der Waals surface area contributed by atoms with Crippen molar-refractivity contribution >= 4 is 28.4 Å². The molecule has 2 aromatic heterocycles. The highest BCUT2D eigenvalue weighted by Gasteiger charge is 2.09. The van der Waals surface area contributed by atoms with Crippen molar-refractivity contribution in [2.45, 2.75) is 6.42 Å². The first-order valence-electron chi connectivity index (χ1n) is 9.15. The van der Waals surface area contributed by atoms with Crippen molar-refractivity contribution in [3.05, 3.63) is 90.1 Å². The molecule has 0 unspecified atom stereocenters. The zero-order chi connectivity index (χ0) is 20.1. The average molecular weight is 387 g/mol. The molecule has 0 aliphatic rings. The van der Waals surface area contributed by atoms with E-state index in [9.17, 15) is 9.18 Å². The second kappa shape index (κ2) is 8.43. The molecule has 0 radical (unpaired) electrons. The van der Waals surface area contributed by atoms with Crippen LogP contribution in [0.3, 0.4) is 0 Å². The van der Waals surface area contributed by atoms with Crippen LogP contribution >= 0.6 is 0 Å². The summed E-state index contributed by atoms with van der Waals surface area (Å²) in [7, 11) is 0. The number of para-hydroxylation sites is 1. The Morgan fingerprint density at radius 3 is 2.55 bits per heavy atom. The van der Waals surface area contributed by atoms with Gasteiger partial charge in [-0.1, -0.05) is 36.4 Å². The molecule has 0 aliphatic heterocycles. The molecule has 2 aromatic carbocycles. The number of nitrogens with one attached hydrogen (secondary N) is 2. The molecule has 0 fully saturated rings. The Balaban J connectivity index is 1.38. The second-order valence-electron chi connectivity index (χ2n) is 6.40. The first-order chi connectivity index (χ1) is 14.2. The molecule has 29 heavy (non-hydrogen) atoms. The van der Waals surface area contributed by atoms with Crippen LogP contribution in [0.25, 0.3) is 10.9 Å². The van der Waals surface area contributed by atoms with Gasteiger partial charge in [-0.3, -0.25) is 9.78 Å². The molecule has 2 N–H and O–H groups in total. The van der Waals surface area contributed by atoms with Crippen molar-refractivity contribution < 1.29 is 9.18 Å². The van der Waals surface area contributed by atoms with Gasteiger partial charge in [0.05, 0.1) is 16.8 Å². The van der Waals surface area contributed by atoms with Gasteiger partial charge in [-0.2, -0.15) is 0 Å². The number of nitrogens with zero attached hydrogens (tertiary/aromatic N) is 3. The number of rotatable bonds is 6.